The largest absolute Gasteiger partial charge is 0.369 e. The summed E-state index contributed by atoms with van der Waals surface area (Å²) in [6.45, 7) is 2.58. The normalized spacial score (nSPS) is 19.4. The van der Waals surface area contributed by atoms with Crippen LogP contribution in [0.5, 0.6) is 0 Å². The molecule has 0 bridgehead atoms. The molecule has 4 aromatic rings. The molecular formula is C29H30N2O2S. The Morgan fingerprint density at radius 1 is 0.765 bits per heavy atom. The van der Waals surface area contributed by atoms with E-state index >= 15 is 0 Å². The molecule has 1 aliphatic carbocycles. The lowest BCUT2D eigenvalue weighted by Crippen LogP contribution is -2.48. The van der Waals surface area contributed by atoms with Gasteiger partial charge in [-0.2, -0.15) is 4.31 Å². The second-order valence-corrected chi connectivity index (χ2v) is 11.7. The highest BCUT2D eigenvalue weighted by molar-refractivity contribution is 7.88. The average Bonchev–Trinajstić information content (AvgIpc) is 2.87. The van der Waals surface area contributed by atoms with Crippen molar-refractivity contribution in [1.82, 2.24) is 4.31 Å². The fraction of sp³-hybridized carbons (Fsp3) is 0.310. The molecule has 0 aromatic heterocycles. The van der Waals surface area contributed by atoms with E-state index in [9.17, 15) is 8.42 Å². The number of piperazine rings is 1. The topological polar surface area (TPSA) is 40.6 Å². The van der Waals surface area contributed by atoms with Crippen LogP contribution >= 0.6 is 0 Å². The zero-order valence-electron chi connectivity index (χ0n) is 19.6. The van der Waals surface area contributed by atoms with Gasteiger partial charge in [-0.05, 0) is 69.6 Å². The van der Waals surface area contributed by atoms with Crippen LogP contribution in [0.4, 0.5) is 5.69 Å². The number of nitrogens with zero attached hydrogens (tertiary/aromatic N) is 2. The number of benzene rings is 4. The standard InChI is InChI=1S/C29H30N2O2S/c1-34(32,33)31-19-17-30(18-20-31)23-12-9-22(10-13-23)25-7-4-8-26-27(25)15-16-28-24-6-3-2-5-21(24)11-14-29(26)28/h2-3,5-6,9-16,25H,4,7-8,17-20H2,1H3. The van der Waals surface area contributed by atoms with Crippen LogP contribution < -0.4 is 4.90 Å². The summed E-state index contributed by atoms with van der Waals surface area (Å²) in [5.41, 5.74) is 5.54. The van der Waals surface area contributed by atoms with Crippen molar-refractivity contribution >= 4 is 37.3 Å². The second kappa shape index (κ2) is 8.40. The summed E-state index contributed by atoms with van der Waals surface area (Å²) in [6, 6.07) is 26.9. The highest BCUT2D eigenvalue weighted by Crippen LogP contribution is 2.41. The van der Waals surface area contributed by atoms with E-state index in [2.05, 4.69) is 77.7 Å². The monoisotopic (exact) mass is 470 g/mol. The van der Waals surface area contributed by atoms with Crippen LogP contribution in [0.2, 0.25) is 0 Å². The summed E-state index contributed by atoms with van der Waals surface area (Å²) >= 11 is 0. The van der Waals surface area contributed by atoms with Gasteiger partial charge in [-0.25, -0.2) is 8.42 Å². The minimum Gasteiger partial charge on any atom is -0.369 e. The predicted molar refractivity (Wildman–Crippen MR) is 141 cm³/mol. The van der Waals surface area contributed by atoms with Crippen molar-refractivity contribution in [3.8, 4) is 0 Å². The predicted octanol–water partition coefficient (Wildman–Crippen LogP) is 5.54. The minimum atomic E-state index is -3.10. The van der Waals surface area contributed by atoms with Gasteiger partial charge >= 0.3 is 0 Å². The van der Waals surface area contributed by atoms with Crippen LogP contribution in [0.25, 0.3) is 21.5 Å². The van der Waals surface area contributed by atoms with Gasteiger partial charge in [0.05, 0.1) is 6.26 Å². The van der Waals surface area contributed by atoms with Crippen molar-refractivity contribution in [2.45, 2.75) is 25.2 Å². The summed E-state index contributed by atoms with van der Waals surface area (Å²) in [4.78, 5) is 2.29. The van der Waals surface area contributed by atoms with Crippen LogP contribution in [0.1, 0.15) is 35.4 Å². The van der Waals surface area contributed by atoms with E-state index in [-0.39, 0.29) is 0 Å². The Balaban J connectivity index is 1.29. The Labute approximate surface area is 201 Å². The molecule has 0 N–H and O–H groups in total. The highest BCUT2D eigenvalue weighted by Gasteiger charge is 2.25. The molecule has 2 aliphatic rings. The van der Waals surface area contributed by atoms with E-state index < -0.39 is 10.0 Å². The fourth-order valence-electron chi connectivity index (χ4n) is 5.95. The van der Waals surface area contributed by atoms with Gasteiger partial charge in [-0.15, -0.1) is 0 Å². The van der Waals surface area contributed by atoms with E-state index in [0.29, 0.717) is 19.0 Å². The van der Waals surface area contributed by atoms with Crippen molar-refractivity contribution in [3.63, 3.8) is 0 Å². The lowest BCUT2D eigenvalue weighted by molar-refractivity contribution is 0.388. The van der Waals surface area contributed by atoms with Crippen LogP contribution in [0, 0.1) is 0 Å². The molecule has 0 spiro atoms. The van der Waals surface area contributed by atoms with Crippen molar-refractivity contribution in [3.05, 3.63) is 89.5 Å². The van der Waals surface area contributed by atoms with Crippen molar-refractivity contribution in [1.29, 1.82) is 0 Å². The molecular weight excluding hydrogens is 440 g/mol. The summed E-state index contributed by atoms with van der Waals surface area (Å²) in [5, 5.41) is 5.41. The maximum Gasteiger partial charge on any atom is 0.211 e. The van der Waals surface area contributed by atoms with Gasteiger partial charge in [0, 0.05) is 37.8 Å². The SMILES string of the molecule is CS(=O)(=O)N1CCN(c2ccc(C3CCCc4c3ccc3c4ccc4ccccc43)cc2)CC1. The average molecular weight is 471 g/mol. The van der Waals surface area contributed by atoms with E-state index in [0.717, 1.165) is 19.5 Å². The summed E-state index contributed by atoms with van der Waals surface area (Å²) < 4.78 is 25.2. The van der Waals surface area contributed by atoms with Crippen LogP contribution in [-0.2, 0) is 16.4 Å². The van der Waals surface area contributed by atoms with Crippen LogP contribution in [0.3, 0.4) is 0 Å². The molecule has 4 nitrogen and oxygen atoms in total. The number of sulfonamides is 1. The Hall–Kier alpha value is -2.89. The molecule has 34 heavy (non-hydrogen) atoms. The summed E-state index contributed by atoms with van der Waals surface area (Å²) in [6.07, 6.45) is 4.83. The van der Waals surface area contributed by atoms with Gasteiger partial charge in [0.1, 0.15) is 0 Å². The summed E-state index contributed by atoms with van der Waals surface area (Å²) in [7, 11) is -3.10. The smallest absolute Gasteiger partial charge is 0.211 e. The Kier molecular flexibility index (Phi) is 5.34. The van der Waals surface area contributed by atoms with Crippen LogP contribution in [-0.4, -0.2) is 45.2 Å². The number of aryl methyl sites for hydroxylation is 1. The van der Waals surface area contributed by atoms with E-state index in [1.807, 2.05) is 0 Å². The molecule has 0 radical (unpaired) electrons. The van der Waals surface area contributed by atoms with Crippen molar-refractivity contribution < 1.29 is 8.42 Å². The Bertz CT molecular complexity index is 1470. The third kappa shape index (κ3) is 3.77. The molecule has 1 aliphatic heterocycles. The van der Waals surface area contributed by atoms with E-state index in [4.69, 9.17) is 0 Å². The maximum atomic E-state index is 11.8. The Morgan fingerprint density at radius 3 is 2.26 bits per heavy atom. The quantitative estimate of drug-likeness (QED) is 0.369. The molecule has 4 aromatic carbocycles. The van der Waals surface area contributed by atoms with Crippen molar-refractivity contribution in [2.75, 3.05) is 37.3 Å². The van der Waals surface area contributed by atoms with Crippen molar-refractivity contribution in [2.24, 2.45) is 0 Å². The molecule has 1 fully saturated rings. The minimum absolute atomic E-state index is 0.427. The zero-order chi connectivity index (χ0) is 23.3. The van der Waals surface area contributed by atoms with Gasteiger partial charge in [-0.1, -0.05) is 60.7 Å². The third-order valence-corrected chi connectivity index (χ3v) is 9.04. The zero-order valence-corrected chi connectivity index (χ0v) is 20.4. The molecule has 1 heterocycles. The third-order valence-electron chi connectivity index (χ3n) is 7.74. The number of hydrogen-bond donors (Lipinski definition) is 0. The van der Waals surface area contributed by atoms with Gasteiger partial charge in [0.2, 0.25) is 10.0 Å². The number of hydrogen-bond acceptors (Lipinski definition) is 3. The second-order valence-electron chi connectivity index (χ2n) is 9.70. The Morgan fingerprint density at radius 2 is 1.50 bits per heavy atom. The first-order valence-corrected chi connectivity index (χ1v) is 14.1. The fourth-order valence-corrected chi connectivity index (χ4v) is 6.78. The molecule has 1 atom stereocenters. The molecule has 6 rings (SSSR count). The summed E-state index contributed by atoms with van der Waals surface area (Å²) in [5.74, 6) is 0.427. The molecule has 1 saturated heterocycles. The van der Waals surface area contributed by atoms with Gasteiger partial charge in [0.15, 0.2) is 0 Å². The van der Waals surface area contributed by atoms with Gasteiger partial charge < -0.3 is 4.90 Å². The first kappa shape index (κ1) is 21.6. The number of anilines is 1. The number of rotatable bonds is 3. The lowest BCUT2D eigenvalue weighted by atomic mass is 9.77. The van der Waals surface area contributed by atoms with Crippen LogP contribution in [0.15, 0.2) is 72.8 Å². The molecule has 1 unspecified atom stereocenters. The molecule has 5 heteroatoms. The molecule has 174 valence electrons. The van der Waals surface area contributed by atoms with E-state index in [1.165, 1.54) is 63.0 Å². The molecule has 0 amide bonds. The molecule has 0 saturated carbocycles. The maximum absolute atomic E-state index is 11.8. The van der Waals surface area contributed by atoms with Gasteiger partial charge in [0.25, 0.3) is 0 Å². The number of fused-ring (bicyclic) bond motifs is 5. The first-order chi connectivity index (χ1) is 16.5. The van der Waals surface area contributed by atoms with E-state index in [1.54, 1.807) is 4.31 Å². The lowest BCUT2D eigenvalue weighted by Gasteiger charge is -2.35. The van der Waals surface area contributed by atoms with Gasteiger partial charge in [-0.3, -0.25) is 0 Å². The first-order valence-electron chi connectivity index (χ1n) is 12.2. The highest BCUT2D eigenvalue weighted by atomic mass is 32.2.